The summed E-state index contributed by atoms with van der Waals surface area (Å²) in [7, 11) is 3.43. The van der Waals surface area contributed by atoms with Crippen LogP contribution in [0.1, 0.15) is 22.5 Å². The first-order chi connectivity index (χ1) is 12.9. The molecule has 0 aliphatic heterocycles. The lowest BCUT2D eigenvalue weighted by Crippen LogP contribution is -2.53. The lowest BCUT2D eigenvalue weighted by molar-refractivity contribution is -0.692. The van der Waals surface area contributed by atoms with Crippen LogP contribution in [0.15, 0.2) is 59.4 Å². The van der Waals surface area contributed by atoms with Gasteiger partial charge in [0.1, 0.15) is 22.9 Å². The highest BCUT2D eigenvalue weighted by Crippen LogP contribution is 2.15. The zero-order valence-corrected chi connectivity index (χ0v) is 15.2. The molecule has 0 saturated carbocycles. The van der Waals surface area contributed by atoms with Crippen molar-refractivity contribution in [1.29, 1.82) is 0 Å². The normalized spacial score (nSPS) is 11.5. The Labute approximate surface area is 157 Å². The van der Waals surface area contributed by atoms with Crippen molar-refractivity contribution < 1.29 is 14.8 Å². The van der Waals surface area contributed by atoms with Crippen molar-refractivity contribution in [3.05, 3.63) is 87.6 Å². The highest BCUT2D eigenvalue weighted by Gasteiger charge is 2.13. The van der Waals surface area contributed by atoms with Crippen LogP contribution < -0.4 is 10.3 Å². The van der Waals surface area contributed by atoms with Crippen LogP contribution in [0.3, 0.4) is 0 Å². The average molecular weight is 361 g/mol. The summed E-state index contributed by atoms with van der Waals surface area (Å²) in [6.07, 6.45) is 7.36. The molecular formula is C22H21N2O3+. The van der Waals surface area contributed by atoms with E-state index in [1.807, 2.05) is 42.5 Å². The number of aromatic hydroxyl groups is 2. The number of rotatable bonds is 4. The molecule has 0 bridgehead atoms. The third kappa shape index (κ3) is 4.33. The summed E-state index contributed by atoms with van der Waals surface area (Å²) in [4.78, 5) is 12.5. The molecule has 27 heavy (non-hydrogen) atoms. The Kier molecular flexibility index (Phi) is 5.22. The quantitative estimate of drug-likeness (QED) is 0.702. The number of phenols is 2. The first-order valence-electron chi connectivity index (χ1n) is 8.48. The summed E-state index contributed by atoms with van der Waals surface area (Å²) in [6, 6.07) is 15.7. The second kappa shape index (κ2) is 7.74. The summed E-state index contributed by atoms with van der Waals surface area (Å²) >= 11 is 0. The van der Waals surface area contributed by atoms with Crippen molar-refractivity contribution in [3.8, 4) is 11.5 Å². The van der Waals surface area contributed by atoms with Gasteiger partial charge >= 0.3 is 5.69 Å². The van der Waals surface area contributed by atoms with Gasteiger partial charge in [0.05, 0.1) is 14.1 Å². The zero-order chi connectivity index (χ0) is 19.4. The Hall–Kier alpha value is -3.60. The Morgan fingerprint density at radius 2 is 1.41 bits per heavy atom. The molecule has 5 nitrogen and oxygen atoms in total. The fourth-order valence-corrected chi connectivity index (χ4v) is 2.73. The van der Waals surface area contributed by atoms with E-state index in [0.717, 1.165) is 22.5 Å². The maximum Gasteiger partial charge on any atom is 0.498 e. The summed E-state index contributed by atoms with van der Waals surface area (Å²) in [5.41, 5.74) is 3.00. The van der Waals surface area contributed by atoms with Gasteiger partial charge in [-0.05, 0) is 47.5 Å². The Bertz CT molecular complexity index is 1010. The van der Waals surface area contributed by atoms with Crippen LogP contribution in [0.2, 0.25) is 0 Å². The van der Waals surface area contributed by atoms with E-state index < -0.39 is 0 Å². The van der Waals surface area contributed by atoms with Crippen molar-refractivity contribution in [3.63, 3.8) is 0 Å². The van der Waals surface area contributed by atoms with E-state index in [-0.39, 0.29) is 17.2 Å². The number of phenolic OH excluding ortho intramolecular Hbond substituents is 2. The second-order valence-corrected chi connectivity index (χ2v) is 6.25. The number of hydrogen-bond acceptors (Lipinski definition) is 3. The predicted molar refractivity (Wildman–Crippen MR) is 107 cm³/mol. The molecule has 0 unspecified atom stereocenters. The van der Waals surface area contributed by atoms with Gasteiger partial charge in [-0.1, -0.05) is 36.4 Å². The fraction of sp³-hybridized carbons (Fsp3) is 0.0909. The van der Waals surface area contributed by atoms with Gasteiger partial charge in [-0.3, -0.25) is 0 Å². The smallest absolute Gasteiger partial charge is 0.498 e. The van der Waals surface area contributed by atoms with Gasteiger partial charge in [0.25, 0.3) is 0 Å². The molecule has 0 aliphatic rings. The first-order valence-corrected chi connectivity index (χ1v) is 8.48. The van der Waals surface area contributed by atoms with Gasteiger partial charge in [0, 0.05) is 6.07 Å². The van der Waals surface area contributed by atoms with E-state index in [1.165, 1.54) is 0 Å². The van der Waals surface area contributed by atoms with Gasteiger partial charge in [-0.25, -0.2) is 0 Å². The number of nitrogens with zero attached hydrogens (tertiary/aromatic N) is 2. The van der Waals surface area contributed by atoms with Crippen LogP contribution >= 0.6 is 0 Å². The Morgan fingerprint density at radius 3 is 1.96 bits per heavy atom. The van der Waals surface area contributed by atoms with Crippen molar-refractivity contribution in [1.82, 2.24) is 4.57 Å². The van der Waals surface area contributed by atoms with Crippen molar-refractivity contribution in [2.45, 2.75) is 0 Å². The minimum absolute atomic E-state index is 0.149. The monoisotopic (exact) mass is 361 g/mol. The highest BCUT2D eigenvalue weighted by atomic mass is 16.3. The van der Waals surface area contributed by atoms with E-state index in [0.29, 0.717) is 0 Å². The lowest BCUT2D eigenvalue weighted by atomic mass is 10.1. The summed E-state index contributed by atoms with van der Waals surface area (Å²) < 4.78 is 3.12. The highest BCUT2D eigenvalue weighted by molar-refractivity contribution is 5.71. The number of aromatic nitrogens is 2. The van der Waals surface area contributed by atoms with E-state index >= 15 is 0 Å². The molecule has 1 aromatic heterocycles. The van der Waals surface area contributed by atoms with Gasteiger partial charge in [0.2, 0.25) is 0 Å². The van der Waals surface area contributed by atoms with Crippen LogP contribution in [-0.2, 0) is 14.1 Å². The average Bonchev–Trinajstić information content (AvgIpc) is 2.65. The molecule has 3 rings (SSSR count). The molecule has 5 heteroatoms. The topological polar surface area (TPSA) is 66.3 Å². The zero-order valence-electron chi connectivity index (χ0n) is 15.2. The molecule has 3 aromatic rings. The molecule has 0 fully saturated rings. The van der Waals surface area contributed by atoms with Gasteiger partial charge < -0.3 is 10.2 Å². The third-order valence-electron chi connectivity index (χ3n) is 4.28. The minimum atomic E-state index is -0.149. The molecule has 0 spiro atoms. The second-order valence-electron chi connectivity index (χ2n) is 6.25. The number of benzene rings is 2. The van der Waals surface area contributed by atoms with Crippen LogP contribution in [0, 0.1) is 0 Å². The van der Waals surface area contributed by atoms with Crippen LogP contribution in [-0.4, -0.2) is 14.8 Å². The third-order valence-corrected chi connectivity index (χ3v) is 4.28. The van der Waals surface area contributed by atoms with Crippen molar-refractivity contribution in [2.75, 3.05) is 0 Å². The number of hydrogen-bond donors (Lipinski definition) is 2. The molecule has 2 N–H and O–H groups in total. The molecule has 136 valence electrons. The molecule has 0 saturated heterocycles. The lowest BCUT2D eigenvalue weighted by Gasteiger charge is -2.03. The van der Waals surface area contributed by atoms with Gasteiger partial charge in [-0.15, -0.1) is 0 Å². The van der Waals surface area contributed by atoms with Gasteiger partial charge in [0.15, 0.2) is 0 Å². The minimum Gasteiger partial charge on any atom is -0.508 e. The van der Waals surface area contributed by atoms with Crippen LogP contribution in [0.4, 0.5) is 0 Å². The van der Waals surface area contributed by atoms with Gasteiger partial charge in [-0.2, -0.15) is 13.9 Å². The van der Waals surface area contributed by atoms with E-state index in [2.05, 4.69) is 0 Å². The standard InChI is InChI=1S/C22H20N2O3/c1-23-18(11-9-16-5-3-7-20(25)13-16)15-19(24(2)22(23)27)12-10-17-6-4-8-21(26)14-17/h3-15H,1-2H3,(H-,25,26)/p+1. The molecule has 0 aliphatic carbocycles. The first kappa shape index (κ1) is 18.2. The molecule has 0 atom stereocenters. The molecule has 0 radical (unpaired) electrons. The molecule has 1 heterocycles. The molecule has 2 aromatic carbocycles. The van der Waals surface area contributed by atoms with Crippen molar-refractivity contribution in [2.24, 2.45) is 14.1 Å². The largest absolute Gasteiger partial charge is 0.508 e. The maximum atomic E-state index is 12.5. The van der Waals surface area contributed by atoms with E-state index in [4.69, 9.17) is 0 Å². The fourth-order valence-electron chi connectivity index (χ4n) is 2.73. The Morgan fingerprint density at radius 1 is 0.852 bits per heavy atom. The van der Waals surface area contributed by atoms with Crippen LogP contribution in [0.25, 0.3) is 24.3 Å². The van der Waals surface area contributed by atoms with E-state index in [1.54, 1.807) is 59.6 Å². The summed E-state index contributed by atoms with van der Waals surface area (Å²) in [5, 5.41) is 19.1. The molecular weight excluding hydrogens is 340 g/mol. The predicted octanol–water partition coefficient (Wildman–Crippen LogP) is 2.96. The molecule has 0 amide bonds. The summed E-state index contributed by atoms with van der Waals surface area (Å²) in [6.45, 7) is 0. The van der Waals surface area contributed by atoms with Crippen molar-refractivity contribution >= 4 is 24.3 Å². The Balaban J connectivity index is 1.97. The summed E-state index contributed by atoms with van der Waals surface area (Å²) in [5.74, 6) is 0.389. The SMILES string of the molecule is Cn1c(C=Cc2cccc(O)c2)cc(C=Cc2cccc(O)c2)[n+](C)c1=O. The van der Waals surface area contributed by atoms with E-state index in [9.17, 15) is 15.0 Å². The maximum absolute atomic E-state index is 12.5. The van der Waals surface area contributed by atoms with Crippen LogP contribution in [0.5, 0.6) is 11.5 Å².